The molecule has 2 aromatic rings. The van der Waals surface area contributed by atoms with Gasteiger partial charge in [0.2, 0.25) is 0 Å². The van der Waals surface area contributed by atoms with Crippen LogP contribution < -0.4 is 5.32 Å². The van der Waals surface area contributed by atoms with Gasteiger partial charge in [0, 0.05) is 36.8 Å². The first-order valence-corrected chi connectivity index (χ1v) is 6.59. The summed E-state index contributed by atoms with van der Waals surface area (Å²) in [5.41, 5.74) is 5.02. The quantitative estimate of drug-likeness (QED) is 0.880. The minimum absolute atomic E-state index is 0.224. The molecule has 2 aromatic heterocycles. The number of hydrogen-bond acceptors (Lipinski definition) is 5. The van der Waals surface area contributed by atoms with E-state index in [4.69, 9.17) is 0 Å². The molecule has 0 saturated heterocycles. The average Bonchev–Trinajstić information content (AvgIpc) is 2.82. The molecule has 0 saturated carbocycles. The molecule has 0 aliphatic heterocycles. The predicted octanol–water partition coefficient (Wildman–Crippen LogP) is 2.13. The molecule has 0 aliphatic carbocycles. The van der Waals surface area contributed by atoms with Crippen LogP contribution in [0.15, 0.2) is 23.3 Å². The van der Waals surface area contributed by atoms with Crippen LogP contribution in [-0.2, 0) is 6.42 Å². The molecule has 0 spiro atoms. The lowest BCUT2D eigenvalue weighted by Crippen LogP contribution is -2.23. The minimum atomic E-state index is 0.224. The van der Waals surface area contributed by atoms with Crippen LogP contribution in [-0.4, -0.2) is 21.5 Å². The van der Waals surface area contributed by atoms with E-state index in [0.717, 1.165) is 30.0 Å². The summed E-state index contributed by atoms with van der Waals surface area (Å²) < 4.78 is 0. The lowest BCUT2D eigenvalue weighted by Gasteiger charge is -2.14. The monoisotopic (exact) mass is 248 g/mol. The second kappa shape index (κ2) is 5.84. The van der Waals surface area contributed by atoms with Gasteiger partial charge in [-0.2, -0.15) is 0 Å². The summed E-state index contributed by atoms with van der Waals surface area (Å²) in [6.07, 6.45) is 4.41. The normalized spacial score (nSPS) is 12.6. The largest absolute Gasteiger partial charge is 0.308 e. The number of rotatable bonds is 5. The van der Waals surface area contributed by atoms with Crippen molar-refractivity contribution in [3.63, 3.8) is 0 Å². The van der Waals surface area contributed by atoms with Crippen molar-refractivity contribution in [2.24, 2.45) is 0 Å². The van der Waals surface area contributed by atoms with Crippen LogP contribution in [0.4, 0.5) is 0 Å². The fourth-order valence-corrected chi connectivity index (χ4v) is 2.31. The van der Waals surface area contributed by atoms with Crippen LogP contribution in [0.25, 0.3) is 0 Å². The zero-order valence-electron chi connectivity index (χ0n) is 10.1. The van der Waals surface area contributed by atoms with Gasteiger partial charge in [-0.1, -0.05) is 0 Å². The fraction of sp³-hybridized carbons (Fsp3) is 0.417. The Morgan fingerprint density at radius 1 is 1.29 bits per heavy atom. The predicted molar refractivity (Wildman–Crippen MR) is 69.0 cm³/mol. The fourth-order valence-electron chi connectivity index (χ4n) is 1.72. The van der Waals surface area contributed by atoms with Gasteiger partial charge in [-0.15, -0.1) is 11.3 Å². The molecule has 17 heavy (non-hydrogen) atoms. The molecule has 0 aliphatic rings. The first-order valence-electron chi connectivity index (χ1n) is 5.65. The Morgan fingerprint density at radius 2 is 2.12 bits per heavy atom. The zero-order valence-corrected chi connectivity index (χ0v) is 10.9. The van der Waals surface area contributed by atoms with Crippen molar-refractivity contribution in [1.29, 1.82) is 0 Å². The van der Waals surface area contributed by atoms with Gasteiger partial charge in [-0.3, -0.25) is 9.97 Å². The first kappa shape index (κ1) is 12.1. The van der Waals surface area contributed by atoms with E-state index >= 15 is 0 Å². The van der Waals surface area contributed by atoms with E-state index in [1.807, 2.05) is 12.4 Å². The van der Waals surface area contributed by atoms with E-state index < -0.39 is 0 Å². The minimum Gasteiger partial charge on any atom is -0.308 e. The van der Waals surface area contributed by atoms with Crippen LogP contribution in [0.3, 0.4) is 0 Å². The molecule has 2 heterocycles. The van der Waals surface area contributed by atoms with Gasteiger partial charge in [-0.05, 0) is 13.8 Å². The molecule has 90 valence electrons. The van der Waals surface area contributed by atoms with Crippen LogP contribution in [0, 0.1) is 6.92 Å². The Balaban J connectivity index is 1.85. The molecule has 0 radical (unpaired) electrons. The van der Waals surface area contributed by atoms with Crippen molar-refractivity contribution in [2.45, 2.75) is 26.3 Å². The Kier molecular flexibility index (Phi) is 4.17. The Bertz CT molecular complexity index is 455. The standard InChI is InChI=1S/C12H16N4S/c1-9(12-10(2)14-5-6-15-12)13-4-3-11-7-17-8-16-11/h5-9,13H,3-4H2,1-2H3. The molecule has 1 atom stereocenters. The molecule has 4 nitrogen and oxygen atoms in total. The zero-order chi connectivity index (χ0) is 12.1. The number of nitrogens with one attached hydrogen (secondary N) is 1. The Morgan fingerprint density at radius 3 is 2.82 bits per heavy atom. The lowest BCUT2D eigenvalue weighted by atomic mass is 10.2. The van der Waals surface area contributed by atoms with Gasteiger partial charge < -0.3 is 5.32 Å². The Hall–Kier alpha value is -1.33. The van der Waals surface area contributed by atoms with Crippen molar-refractivity contribution < 1.29 is 0 Å². The summed E-state index contributed by atoms with van der Waals surface area (Å²) in [4.78, 5) is 12.9. The lowest BCUT2D eigenvalue weighted by molar-refractivity contribution is 0.556. The summed E-state index contributed by atoms with van der Waals surface area (Å²) in [7, 11) is 0. The van der Waals surface area contributed by atoms with E-state index in [1.54, 1.807) is 23.7 Å². The third-order valence-corrected chi connectivity index (χ3v) is 3.28. The van der Waals surface area contributed by atoms with Gasteiger partial charge >= 0.3 is 0 Å². The van der Waals surface area contributed by atoms with E-state index in [-0.39, 0.29) is 6.04 Å². The maximum atomic E-state index is 4.36. The molecule has 0 amide bonds. The highest BCUT2D eigenvalue weighted by Crippen LogP contribution is 2.11. The topological polar surface area (TPSA) is 50.7 Å². The van der Waals surface area contributed by atoms with Crippen molar-refractivity contribution in [3.05, 3.63) is 40.4 Å². The number of aromatic nitrogens is 3. The summed E-state index contributed by atoms with van der Waals surface area (Å²) >= 11 is 1.64. The van der Waals surface area contributed by atoms with Gasteiger partial charge in [0.25, 0.3) is 0 Å². The van der Waals surface area contributed by atoms with Crippen molar-refractivity contribution in [2.75, 3.05) is 6.54 Å². The van der Waals surface area contributed by atoms with Crippen molar-refractivity contribution in [1.82, 2.24) is 20.3 Å². The maximum absolute atomic E-state index is 4.36. The van der Waals surface area contributed by atoms with Crippen LogP contribution in [0.5, 0.6) is 0 Å². The second-order valence-corrected chi connectivity index (χ2v) is 4.65. The highest BCUT2D eigenvalue weighted by atomic mass is 32.1. The summed E-state index contributed by atoms with van der Waals surface area (Å²) in [6, 6.07) is 0.224. The highest BCUT2D eigenvalue weighted by Gasteiger charge is 2.09. The third kappa shape index (κ3) is 3.31. The van der Waals surface area contributed by atoms with E-state index in [2.05, 4.69) is 32.6 Å². The highest BCUT2D eigenvalue weighted by molar-refractivity contribution is 7.07. The van der Waals surface area contributed by atoms with Crippen molar-refractivity contribution in [3.8, 4) is 0 Å². The molecule has 0 bridgehead atoms. The van der Waals surface area contributed by atoms with Gasteiger partial charge in [0.05, 0.1) is 22.6 Å². The van der Waals surface area contributed by atoms with Crippen molar-refractivity contribution >= 4 is 11.3 Å². The Labute approximate surface area is 105 Å². The van der Waals surface area contributed by atoms with Gasteiger partial charge in [-0.25, -0.2) is 4.98 Å². The summed E-state index contributed by atoms with van der Waals surface area (Å²) in [5.74, 6) is 0. The first-order chi connectivity index (χ1) is 8.27. The molecule has 0 aromatic carbocycles. The maximum Gasteiger partial charge on any atom is 0.0794 e. The second-order valence-electron chi connectivity index (χ2n) is 3.93. The number of hydrogen-bond donors (Lipinski definition) is 1. The molecule has 5 heteroatoms. The number of thiazole rings is 1. The molecule has 1 N–H and O–H groups in total. The molecule has 0 fully saturated rings. The molecule has 2 rings (SSSR count). The molecule has 1 unspecified atom stereocenters. The van der Waals surface area contributed by atoms with Crippen LogP contribution in [0.2, 0.25) is 0 Å². The summed E-state index contributed by atoms with van der Waals surface area (Å²) in [6.45, 7) is 5.00. The van der Waals surface area contributed by atoms with E-state index in [1.165, 1.54) is 0 Å². The number of nitrogens with zero attached hydrogens (tertiary/aromatic N) is 3. The van der Waals surface area contributed by atoms with Gasteiger partial charge in [0.15, 0.2) is 0 Å². The van der Waals surface area contributed by atoms with Crippen LogP contribution in [0.1, 0.15) is 30.0 Å². The smallest absolute Gasteiger partial charge is 0.0794 e. The summed E-state index contributed by atoms with van der Waals surface area (Å²) in [5, 5.41) is 5.52. The SMILES string of the molecule is Cc1nccnc1C(C)NCCc1cscn1. The average molecular weight is 248 g/mol. The number of aryl methyl sites for hydroxylation is 1. The molecular formula is C12H16N4S. The van der Waals surface area contributed by atoms with E-state index in [9.17, 15) is 0 Å². The van der Waals surface area contributed by atoms with Crippen LogP contribution >= 0.6 is 11.3 Å². The molecular weight excluding hydrogens is 232 g/mol. The van der Waals surface area contributed by atoms with E-state index in [0.29, 0.717) is 0 Å². The third-order valence-electron chi connectivity index (χ3n) is 2.64. The van der Waals surface area contributed by atoms with Gasteiger partial charge in [0.1, 0.15) is 0 Å².